The number of aryl methyl sites for hydroxylation is 1. The van der Waals surface area contributed by atoms with Crippen molar-refractivity contribution in [1.82, 2.24) is 0 Å². The van der Waals surface area contributed by atoms with Crippen LogP contribution in [0.3, 0.4) is 0 Å². The molecule has 94 valence electrons. The van der Waals surface area contributed by atoms with E-state index in [-0.39, 0.29) is 5.82 Å². The molecule has 0 aromatic heterocycles. The molecule has 0 radical (unpaired) electrons. The van der Waals surface area contributed by atoms with Gasteiger partial charge in [0.15, 0.2) is 0 Å². The van der Waals surface area contributed by atoms with E-state index in [1.807, 2.05) is 25.1 Å². The number of nitrogen functional groups attached to an aromatic ring is 1. The predicted octanol–water partition coefficient (Wildman–Crippen LogP) is 3.47. The SMILES string of the molecule is COc1cc(F)ccc1Nc1cc(C)ccc1N. The maximum Gasteiger partial charge on any atom is 0.145 e. The van der Waals surface area contributed by atoms with Crippen LogP contribution >= 0.6 is 0 Å². The molecular formula is C14H15FN2O. The molecule has 0 heterocycles. The average molecular weight is 246 g/mol. The van der Waals surface area contributed by atoms with Gasteiger partial charge in [-0.05, 0) is 36.8 Å². The average Bonchev–Trinajstić information content (AvgIpc) is 2.36. The third-order valence-electron chi connectivity index (χ3n) is 2.64. The predicted molar refractivity (Wildman–Crippen MR) is 71.8 cm³/mol. The Bertz CT molecular complexity index is 570. The minimum absolute atomic E-state index is 0.338. The van der Waals surface area contributed by atoms with Crippen LogP contribution in [-0.4, -0.2) is 7.11 Å². The summed E-state index contributed by atoms with van der Waals surface area (Å²) < 4.78 is 18.2. The van der Waals surface area contributed by atoms with Crippen molar-refractivity contribution in [2.24, 2.45) is 0 Å². The Morgan fingerprint density at radius 1 is 1.11 bits per heavy atom. The number of rotatable bonds is 3. The molecular weight excluding hydrogens is 231 g/mol. The van der Waals surface area contributed by atoms with Crippen LogP contribution < -0.4 is 15.8 Å². The van der Waals surface area contributed by atoms with Crippen molar-refractivity contribution in [2.75, 3.05) is 18.2 Å². The lowest BCUT2D eigenvalue weighted by Crippen LogP contribution is -1.99. The Labute approximate surface area is 105 Å². The van der Waals surface area contributed by atoms with Crippen LogP contribution in [0.15, 0.2) is 36.4 Å². The molecule has 18 heavy (non-hydrogen) atoms. The summed E-state index contributed by atoms with van der Waals surface area (Å²) in [6.07, 6.45) is 0. The molecule has 4 heteroatoms. The first-order valence-corrected chi connectivity index (χ1v) is 5.57. The molecule has 0 aliphatic heterocycles. The van der Waals surface area contributed by atoms with Gasteiger partial charge in [-0.2, -0.15) is 0 Å². The standard InChI is InChI=1S/C14H15FN2O/c1-9-3-5-11(16)13(7-9)17-12-6-4-10(15)8-14(12)18-2/h3-8,17H,16H2,1-2H3. The van der Waals surface area contributed by atoms with Crippen molar-refractivity contribution in [3.63, 3.8) is 0 Å². The first-order chi connectivity index (χ1) is 8.60. The Balaban J connectivity index is 2.36. The molecule has 0 amide bonds. The quantitative estimate of drug-likeness (QED) is 0.815. The molecule has 0 aliphatic carbocycles. The zero-order valence-corrected chi connectivity index (χ0v) is 10.3. The fraction of sp³-hybridized carbons (Fsp3) is 0.143. The van der Waals surface area contributed by atoms with Gasteiger partial charge in [0.05, 0.1) is 24.2 Å². The van der Waals surface area contributed by atoms with Gasteiger partial charge in [-0.1, -0.05) is 6.07 Å². The van der Waals surface area contributed by atoms with Crippen molar-refractivity contribution in [3.8, 4) is 5.75 Å². The second-order valence-corrected chi connectivity index (χ2v) is 4.06. The Morgan fingerprint density at radius 2 is 1.89 bits per heavy atom. The summed E-state index contributed by atoms with van der Waals surface area (Å²) >= 11 is 0. The summed E-state index contributed by atoms with van der Waals surface area (Å²) in [5.41, 5.74) is 9.06. The molecule has 2 rings (SSSR count). The van der Waals surface area contributed by atoms with E-state index in [0.29, 0.717) is 17.1 Å². The van der Waals surface area contributed by atoms with E-state index < -0.39 is 0 Å². The van der Waals surface area contributed by atoms with E-state index >= 15 is 0 Å². The van der Waals surface area contributed by atoms with Gasteiger partial charge in [0.25, 0.3) is 0 Å². The Hall–Kier alpha value is -2.23. The molecule has 0 fully saturated rings. The van der Waals surface area contributed by atoms with Crippen molar-refractivity contribution >= 4 is 17.1 Å². The van der Waals surface area contributed by atoms with Crippen LogP contribution in [0.25, 0.3) is 0 Å². The molecule has 2 aromatic rings. The maximum absolute atomic E-state index is 13.1. The van der Waals surface area contributed by atoms with Gasteiger partial charge < -0.3 is 15.8 Å². The Kier molecular flexibility index (Phi) is 3.37. The zero-order chi connectivity index (χ0) is 13.1. The molecule has 0 atom stereocenters. The number of anilines is 3. The highest BCUT2D eigenvalue weighted by Crippen LogP contribution is 2.31. The van der Waals surface area contributed by atoms with Gasteiger partial charge in [-0.3, -0.25) is 0 Å². The topological polar surface area (TPSA) is 47.3 Å². The van der Waals surface area contributed by atoms with Gasteiger partial charge in [-0.15, -0.1) is 0 Å². The normalized spacial score (nSPS) is 10.2. The van der Waals surface area contributed by atoms with Crippen LogP contribution in [0, 0.1) is 12.7 Å². The molecule has 3 N–H and O–H groups in total. The highest BCUT2D eigenvalue weighted by Gasteiger charge is 2.06. The van der Waals surface area contributed by atoms with Crippen LogP contribution in [0.1, 0.15) is 5.56 Å². The van der Waals surface area contributed by atoms with Gasteiger partial charge in [0.1, 0.15) is 11.6 Å². The summed E-state index contributed by atoms with van der Waals surface area (Å²) in [5.74, 6) is 0.102. The van der Waals surface area contributed by atoms with Gasteiger partial charge >= 0.3 is 0 Å². The van der Waals surface area contributed by atoms with Gasteiger partial charge in [0.2, 0.25) is 0 Å². The molecule has 0 aliphatic rings. The monoisotopic (exact) mass is 246 g/mol. The number of benzene rings is 2. The van der Waals surface area contributed by atoms with Crippen LogP contribution in [0.5, 0.6) is 5.75 Å². The maximum atomic E-state index is 13.1. The number of methoxy groups -OCH3 is 1. The van der Waals surface area contributed by atoms with E-state index in [2.05, 4.69) is 5.32 Å². The van der Waals surface area contributed by atoms with E-state index in [1.54, 1.807) is 6.07 Å². The van der Waals surface area contributed by atoms with Gasteiger partial charge in [0, 0.05) is 6.07 Å². The summed E-state index contributed by atoms with van der Waals surface area (Å²) in [5, 5.41) is 3.14. The molecule has 3 nitrogen and oxygen atoms in total. The molecule has 2 aromatic carbocycles. The third-order valence-corrected chi connectivity index (χ3v) is 2.64. The summed E-state index contributed by atoms with van der Waals surface area (Å²) in [4.78, 5) is 0. The van der Waals surface area contributed by atoms with E-state index in [0.717, 1.165) is 11.3 Å². The number of halogens is 1. The fourth-order valence-corrected chi connectivity index (χ4v) is 1.69. The van der Waals surface area contributed by atoms with Crippen LogP contribution in [-0.2, 0) is 0 Å². The van der Waals surface area contributed by atoms with Crippen LogP contribution in [0.4, 0.5) is 21.5 Å². The highest BCUT2D eigenvalue weighted by molar-refractivity contribution is 5.75. The molecule has 0 bridgehead atoms. The third kappa shape index (κ3) is 2.53. The highest BCUT2D eigenvalue weighted by atomic mass is 19.1. The zero-order valence-electron chi connectivity index (χ0n) is 10.3. The summed E-state index contributed by atoms with van der Waals surface area (Å²) in [6.45, 7) is 1.98. The summed E-state index contributed by atoms with van der Waals surface area (Å²) in [6, 6.07) is 10.0. The lowest BCUT2D eigenvalue weighted by atomic mass is 10.2. The fourth-order valence-electron chi connectivity index (χ4n) is 1.69. The number of ether oxygens (including phenoxy) is 1. The first-order valence-electron chi connectivity index (χ1n) is 5.57. The second kappa shape index (κ2) is 4.96. The van der Waals surface area contributed by atoms with Crippen LogP contribution in [0.2, 0.25) is 0 Å². The first kappa shape index (κ1) is 12.2. The largest absolute Gasteiger partial charge is 0.494 e. The summed E-state index contributed by atoms with van der Waals surface area (Å²) in [7, 11) is 1.50. The van der Waals surface area contributed by atoms with E-state index in [9.17, 15) is 4.39 Å². The molecule has 0 saturated carbocycles. The van der Waals surface area contributed by atoms with Crippen molar-refractivity contribution in [2.45, 2.75) is 6.92 Å². The van der Waals surface area contributed by atoms with E-state index in [4.69, 9.17) is 10.5 Å². The van der Waals surface area contributed by atoms with Crippen molar-refractivity contribution < 1.29 is 9.13 Å². The number of hydrogen-bond acceptors (Lipinski definition) is 3. The number of hydrogen-bond donors (Lipinski definition) is 2. The second-order valence-electron chi connectivity index (χ2n) is 4.06. The minimum atomic E-state index is -0.338. The lowest BCUT2D eigenvalue weighted by molar-refractivity contribution is 0.413. The van der Waals surface area contributed by atoms with Crippen molar-refractivity contribution in [1.29, 1.82) is 0 Å². The molecule has 0 saturated heterocycles. The van der Waals surface area contributed by atoms with E-state index in [1.165, 1.54) is 19.2 Å². The smallest absolute Gasteiger partial charge is 0.145 e. The van der Waals surface area contributed by atoms with Crippen molar-refractivity contribution in [3.05, 3.63) is 47.8 Å². The number of nitrogens with two attached hydrogens (primary N) is 1. The number of nitrogens with one attached hydrogen (secondary N) is 1. The lowest BCUT2D eigenvalue weighted by Gasteiger charge is -2.13. The molecule has 0 spiro atoms. The molecule has 0 unspecified atom stereocenters. The Morgan fingerprint density at radius 3 is 2.61 bits per heavy atom. The minimum Gasteiger partial charge on any atom is -0.494 e. The van der Waals surface area contributed by atoms with Gasteiger partial charge in [-0.25, -0.2) is 4.39 Å².